The van der Waals surface area contributed by atoms with Gasteiger partial charge >= 0.3 is 5.97 Å². The lowest BCUT2D eigenvalue weighted by atomic mass is 10.2. The maximum absolute atomic E-state index is 11.1. The first-order valence-corrected chi connectivity index (χ1v) is 6.36. The number of ether oxygens (including phenoxy) is 1. The lowest BCUT2D eigenvalue weighted by molar-refractivity contribution is -0.693. The molecule has 0 aliphatic rings. The number of aryl methyl sites for hydroxylation is 3. The lowest BCUT2D eigenvalue weighted by Gasteiger charge is -2.00. The van der Waals surface area contributed by atoms with Gasteiger partial charge in [0.05, 0.1) is 26.6 Å². The summed E-state index contributed by atoms with van der Waals surface area (Å²) in [7, 11) is 1.44. The van der Waals surface area contributed by atoms with Crippen LogP contribution in [0.3, 0.4) is 0 Å². The molecule has 0 unspecified atom stereocenters. The predicted octanol–water partition coefficient (Wildman–Crippen LogP) is -1.29. The third-order valence-corrected chi connectivity index (χ3v) is 2.90. The van der Waals surface area contributed by atoms with Gasteiger partial charge in [0.1, 0.15) is 11.9 Å². The van der Waals surface area contributed by atoms with Crippen LogP contribution < -0.4 is 21.5 Å². The van der Waals surface area contributed by atoms with Gasteiger partial charge in [-0.25, -0.2) is 9.13 Å². The second-order valence-corrected chi connectivity index (χ2v) is 4.19. The number of imidazole rings is 1. The Kier molecular flexibility index (Phi) is 8.71. The smallest absolute Gasteiger partial charge is 0.305 e. The fraction of sp³-hybridized carbons (Fsp3) is 0.692. The van der Waals surface area contributed by atoms with Gasteiger partial charge in [-0.15, -0.1) is 0 Å². The van der Waals surface area contributed by atoms with Crippen LogP contribution in [0.15, 0.2) is 12.5 Å². The minimum atomic E-state index is -0.142. The summed E-state index contributed by atoms with van der Waals surface area (Å²) in [5.74, 6) is -0.142. The van der Waals surface area contributed by atoms with Crippen molar-refractivity contribution in [1.82, 2.24) is 4.57 Å². The van der Waals surface area contributed by atoms with Gasteiger partial charge in [-0.1, -0.05) is 13.3 Å². The summed E-state index contributed by atoms with van der Waals surface area (Å²) in [6, 6.07) is 0. The average molecular weight is 319 g/mol. The first-order chi connectivity index (χ1) is 8.21. The Balaban J connectivity index is 0.00000289. The maximum Gasteiger partial charge on any atom is 0.305 e. The third kappa shape index (κ3) is 5.21. The van der Waals surface area contributed by atoms with Crippen molar-refractivity contribution in [1.29, 1.82) is 0 Å². The Morgan fingerprint density at radius 3 is 2.72 bits per heavy atom. The van der Waals surface area contributed by atoms with Crippen LogP contribution in [0.2, 0.25) is 0 Å². The average Bonchev–Trinajstić information content (AvgIpc) is 2.75. The first-order valence-electron chi connectivity index (χ1n) is 6.36. The van der Waals surface area contributed by atoms with Crippen LogP contribution in [0.25, 0.3) is 0 Å². The lowest BCUT2D eigenvalue weighted by Crippen LogP contribution is -3.00. The molecular formula is C13H23BrN2O2. The molecule has 1 heterocycles. The summed E-state index contributed by atoms with van der Waals surface area (Å²) in [5.41, 5.74) is 1.21. The van der Waals surface area contributed by atoms with E-state index in [1.54, 1.807) is 0 Å². The van der Waals surface area contributed by atoms with Crippen LogP contribution in [-0.4, -0.2) is 17.6 Å². The molecule has 0 aliphatic carbocycles. The number of unbranched alkanes of at least 4 members (excludes halogenated alkanes) is 1. The molecule has 18 heavy (non-hydrogen) atoms. The molecule has 0 radical (unpaired) electrons. The summed E-state index contributed by atoms with van der Waals surface area (Å²) in [6.07, 6.45) is 7.81. The molecule has 0 N–H and O–H groups in total. The van der Waals surface area contributed by atoms with Crippen LogP contribution in [0, 0.1) is 0 Å². The van der Waals surface area contributed by atoms with Gasteiger partial charge in [-0.3, -0.25) is 4.79 Å². The van der Waals surface area contributed by atoms with E-state index in [0.717, 1.165) is 19.5 Å². The number of methoxy groups -OCH3 is 1. The molecule has 0 aromatic carbocycles. The number of esters is 1. The van der Waals surface area contributed by atoms with Gasteiger partial charge in [0, 0.05) is 6.42 Å². The summed E-state index contributed by atoms with van der Waals surface area (Å²) in [4.78, 5) is 11.1. The zero-order valence-corrected chi connectivity index (χ0v) is 13.1. The number of carbonyl (C=O) groups is 1. The number of hydrogen-bond acceptors (Lipinski definition) is 2. The fourth-order valence-corrected chi connectivity index (χ4v) is 1.80. The number of nitrogens with zero attached hydrogens (tertiary/aromatic N) is 2. The van der Waals surface area contributed by atoms with Gasteiger partial charge in [-0.2, -0.15) is 0 Å². The Morgan fingerprint density at radius 2 is 2.17 bits per heavy atom. The maximum atomic E-state index is 11.1. The SMILES string of the molecule is CCCCn1c[n+](CC)cc1CCC(=O)OC.[Br-]. The highest BCUT2D eigenvalue weighted by Gasteiger charge is 2.13. The molecule has 0 fully saturated rings. The summed E-state index contributed by atoms with van der Waals surface area (Å²) in [6.45, 7) is 6.30. The quantitative estimate of drug-likeness (QED) is 0.463. The molecule has 1 rings (SSSR count). The van der Waals surface area contributed by atoms with Crippen molar-refractivity contribution in [3.05, 3.63) is 18.2 Å². The van der Waals surface area contributed by atoms with E-state index in [1.165, 1.54) is 25.6 Å². The molecule has 104 valence electrons. The summed E-state index contributed by atoms with van der Waals surface area (Å²) >= 11 is 0. The molecule has 5 heteroatoms. The van der Waals surface area contributed by atoms with E-state index in [-0.39, 0.29) is 23.0 Å². The first kappa shape index (κ1) is 17.2. The van der Waals surface area contributed by atoms with E-state index in [4.69, 9.17) is 0 Å². The van der Waals surface area contributed by atoms with E-state index < -0.39 is 0 Å². The number of hydrogen-bond donors (Lipinski definition) is 0. The fourth-order valence-electron chi connectivity index (χ4n) is 1.80. The molecule has 1 aromatic heterocycles. The number of rotatable bonds is 7. The third-order valence-electron chi connectivity index (χ3n) is 2.90. The molecular weight excluding hydrogens is 296 g/mol. The van der Waals surface area contributed by atoms with Crippen molar-refractivity contribution >= 4 is 5.97 Å². The number of aromatic nitrogens is 2. The van der Waals surface area contributed by atoms with Gasteiger partial charge in [0.2, 0.25) is 6.33 Å². The van der Waals surface area contributed by atoms with Crippen molar-refractivity contribution in [2.24, 2.45) is 0 Å². The zero-order chi connectivity index (χ0) is 12.7. The second kappa shape index (κ2) is 9.14. The van der Waals surface area contributed by atoms with Gasteiger partial charge in [-0.05, 0) is 13.3 Å². The molecule has 0 saturated heterocycles. The molecule has 4 nitrogen and oxygen atoms in total. The van der Waals surface area contributed by atoms with Gasteiger partial charge < -0.3 is 21.7 Å². The zero-order valence-electron chi connectivity index (χ0n) is 11.5. The van der Waals surface area contributed by atoms with Crippen molar-refractivity contribution in [2.75, 3.05) is 7.11 Å². The Morgan fingerprint density at radius 1 is 1.44 bits per heavy atom. The van der Waals surface area contributed by atoms with Crippen molar-refractivity contribution < 1.29 is 31.1 Å². The summed E-state index contributed by atoms with van der Waals surface area (Å²) in [5, 5.41) is 0. The molecule has 0 aliphatic heterocycles. The monoisotopic (exact) mass is 318 g/mol. The second-order valence-electron chi connectivity index (χ2n) is 4.19. The molecule has 0 atom stereocenters. The standard InChI is InChI=1S/C13H23N2O2.BrH/c1-4-6-9-15-11-14(5-2)10-12(15)7-8-13(16)17-3;/h10-11H,4-9H2,1-3H3;1H/q+1;/p-1. The van der Waals surface area contributed by atoms with Crippen molar-refractivity contribution in [2.45, 2.75) is 52.6 Å². The Hall–Kier alpha value is -0.840. The number of halogens is 1. The highest BCUT2D eigenvalue weighted by Crippen LogP contribution is 2.05. The summed E-state index contributed by atoms with van der Waals surface area (Å²) < 4.78 is 9.07. The number of carbonyl (C=O) groups excluding carboxylic acids is 1. The highest BCUT2D eigenvalue weighted by molar-refractivity contribution is 5.69. The minimum Gasteiger partial charge on any atom is -1.00 e. The van der Waals surface area contributed by atoms with E-state index in [9.17, 15) is 4.79 Å². The Bertz CT molecular complexity index is 364. The van der Waals surface area contributed by atoms with E-state index in [2.05, 4.69) is 40.2 Å². The van der Waals surface area contributed by atoms with Crippen LogP contribution in [0.4, 0.5) is 0 Å². The Labute approximate surface area is 120 Å². The van der Waals surface area contributed by atoms with Gasteiger partial charge in [0.15, 0.2) is 0 Å². The largest absolute Gasteiger partial charge is 1.00 e. The van der Waals surface area contributed by atoms with Crippen LogP contribution in [0.1, 0.15) is 38.8 Å². The van der Waals surface area contributed by atoms with Crippen LogP contribution in [-0.2, 0) is 29.0 Å². The van der Waals surface area contributed by atoms with E-state index in [0.29, 0.717) is 6.42 Å². The molecule has 0 spiro atoms. The van der Waals surface area contributed by atoms with Crippen LogP contribution >= 0.6 is 0 Å². The molecule has 0 saturated carbocycles. The highest BCUT2D eigenvalue weighted by atomic mass is 79.9. The molecule has 0 amide bonds. The molecule has 1 aromatic rings. The van der Waals surface area contributed by atoms with Crippen molar-refractivity contribution in [3.8, 4) is 0 Å². The topological polar surface area (TPSA) is 35.1 Å². The van der Waals surface area contributed by atoms with Gasteiger partial charge in [0.25, 0.3) is 0 Å². The van der Waals surface area contributed by atoms with Crippen LogP contribution in [0.5, 0.6) is 0 Å². The normalized spacial score (nSPS) is 9.94. The van der Waals surface area contributed by atoms with Crippen molar-refractivity contribution in [3.63, 3.8) is 0 Å². The predicted molar refractivity (Wildman–Crippen MR) is 65.5 cm³/mol. The molecule has 0 bridgehead atoms. The minimum absolute atomic E-state index is 0. The van der Waals surface area contributed by atoms with E-state index in [1.807, 2.05) is 0 Å². The van der Waals surface area contributed by atoms with E-state index >= 15 is 0 Å².